The molecule has 0 saturated carbocycles. The topological polar surface area (TPSA) is 55.4 Å². The van der Waals surface area contributed by atoms with Gasteiger partial charge in [0, 0.05) is 54.9 Å². The highest BCUT2D eigenvalue weighted by molar-refractivity contribution is 4.42. The summed E-state index contributed by atoms with van der Waals surface area (Å²) < 4.78 is 28.9. The molecule has 1 unspecified atom stereocenters. The van der Waals surface area contributed by atoms with Crippen molar-refractivity contribution in [3.05, 3.63) is 0 Å². The SMILES string of the molecule is C.C.C.C.C.C.C.C.C.C.CCCOC.CCOC.CCOCC(C)OC.CCOCCOC. The summed E-state index contributed by atoms with van der Waals surface area (Å²) in [6.07, 6.45) is 1.35. The fourth-order valence-corrected chi connectivity index (χ4v) is 0.843. The normalized spacial score (nSPS) is 7.32. The van der Waals surface area contributed by atoms with Crippen LogP contribution in [0.25, 0.3) is 0 Å². The molecule has 34 heavy (non-hydrogen) atoms. The van der Waals surface area contributed by atoms with Crippen LogP contribution in [-0.4, -0.2) is 80.8 Å². The first-order valence-corrected chi connectivity index (χ1v) is 8.70. The van der Waals surface area contributed by atoms with Gasteiger partial charge in [0.2, 0.25) is 0 Å². The van der Waals surface area contributed by atoms with Crippen LogP contribution < -0.4 is 0 Å². The first-order chi connectivity index (χ1) is 11.6. The minimum atomic E-state index is 0. The molecular formula is C28H84O6. The van der Waals surface area contributed by atoms with Crippen molar-refractivity contribution >= 4 is 0 Å². The van der Waals surface area contributed by atoms with Gasteiger partial charge in [0.25, 0.3) is 0 Å². The molecule has 0 aliphatic carbocycles. The van der Waals surface area contributed by atoms with Gasteiger partial charge in [0.05, 0.1) is 25.9 Å². The number of hydrogen-bond acceptors (Lipinski definition) is 6. The second-order valence-corrected chi connectivity index (χ2v) is 4.47. The molecule has 0 N–H and O–H groups in total. The van der Waals surface area contributed by atoms with Gasteiger partial charge >= 0.3 is 0 Å². The van der Waals surface area contributed by atoms with E-state index in [9.17, 15) is 0 Å². The molecule has 0 saturated heterocycles. The third kappa shape index (κ3) is 185. The Balaban J connectivity index is -0.0000000122. The summed E-state index contributed by atoms with van der Waals surface area (Å²) in [4.78, 5) is 0. The van der Waals surface area contributed by atoms with Gasteiger partial charge in [-0.1, -0.05) is 81.2 Å². The van der Waals surface area contributed by atoms with Gasteiger partial charge in [-0.3, -0.25) is 0 Å². The van der Waals surface area contributed by atoms with E-state index >= 15 is 0 Å². The van der Waals surface area contributed by atoms with E-state index in [2.05, 4.69) is 11.7 Å². The molecule has 0 radical (unpaired) electrons. The lowest BCUT2D eigenvalue weighted by atomic mass is 10.4. The van der Waals surface area contributed by atoms with Crippen LogP contribution in [0.4, 0.5) is 0 Å². The van der Waals surface area contributed by atoms with E-state index in [1.54, 1.807) is 28.4 Å². The van der Waals surface area contributed by atoms with E-state index in [0.29, 0.717) is 19.8 Å². The van der Waals surface area contributed by atoms with Crippen LogP contribution in [0.5, 0.6) is 0 Å². The van der Waals surface area contributed by atoms with Crippen LogP contribution in [0, 0.1) is 0 Å². The first kappa shape index (κ1) is 92.8. The largest absolute Gasteiger partial charge is 0.385 e. The molecule has 0 aliphatic rings. The molecule has 6 heteroatoms. The lowest BCUT2D eigenvalue weighted by Gasteiger charge is -2.07. The van der Waals surface area contributed by atoms with Gasteiger partial charge in [0.1, 0.15) is 0 Å². The van der Waals surface area contributed by atoms with Crippen molar-refractivity contribution in [2.24, 2.45) is 0 Å². The Morgan fingerprint density at radius 1 is 0.471 bits per heavy atom. The number of methoxy groups -OCH3 is 4. The van der Waals surface area contributed by atoms with Crippen LogP contribution in [-0.2, 0) is 28.4 Å². The highest BCUT2D eigenvalue weighted by Gasteiger charge is 1.95. The number of rotatable bonds is 11. The van der Waals surface area contributed by atoms with Crippen molar-refractivity contribution in [3.8, 4) is 0 Å². The van der Waals surface area contributed by atoms with Gasteiger partial charge in [-0.2, -0.15) is 0 Å². The van der Waals surface area contributed by atoms with Gasteiger partial charge in [0.15, 0.2) is 0 Å². The molecule has 0 rings (SSSR count). The summed E-state index contributed by atoms with van der Waals surface area (Å²) in [6, 6.07) is 0. The molecule has 1 atom stereocenters. The Bertz CT molecular complexity index is 154. The van der Waals surface area contributed by atoms with Crippen LogP contribution in [0.2, 0.25) is 0 Å². The number of ether oxygens (including phenoxy) is 6. The minimum absolute atomic E-state index is 0. The second kappa shape index (κ2) is 118. The molecule has 6 nitrogen and oxygen atoms in total. The lowest BCUT2D eigenvalue weighted by molar-refractivity contribution is 0.0232. The summed E-state index contributed by atoms with van der Waals surface area (Å²) in [5.41, 5.74) is 0. The number of hydrogen-bond donors (Lipinski definition) is 0. The Hall–Kier alpha value is -0.240. The molecular weight excluding hydrogens is 432 g/mol. The fourth-order valence-electron chi connectivity index (χ4n) is 0.843. The maximum Gasteiger partial charge on any atom is 0.0776 e. The van der Waals surface area contributed by atoms with Gasteiger partial charge in [-0.05, 0) is 34.1 Å². The minimum Gasteiger partial charge on any atom is -0.385 e. The Morgan fingerprint density at radius 3 is 1.00 bits per heavy atom. The van der Waals surface area contributed by atoms with Crippen LogP contribution in [0.1, 0.15) is 115 Å². The van der Waals surface area contributed by atoms with E-state index in [1.807, 2.05) is 27.7 Å². The summed E-state index contributed by atoms with van der Waals surface area (Å²) in [5, 5.41) is 0. The van der Waals surface area contributed by atoms with E-state index in [1.165, 1.54) is 0 Å². The Labute approximate surface area is 224 Å². The summed E-state index contributed by atoms with van der Waals surface area (Å²) in [5.74, 6) is 0. The highest BCUT2D eigenvalue weighted by Crippen LogP contribution is 1.86. The van der Waals surface area contributed by atoms with Gasteiger partial charge in [-0.15, -0.1) is 0 Å². The van der Waals surface area contributed by atoms with Gasteiger partial charge < -0.3 is 28.4 Å². The molecule has 232 valence electrons. The Kier molecular flexibility index (Phi) is 321. The third-order valence-electron chi connectivity index (χ3n) is 2.29. The average Bonchev–Trinajstić information content (AvgIpc) is 2.62. The second-order valence-electron chi connectivity index (χ2n) is 4.47. The summed E-state index contributed by atoms with van der Waals surface area (Å²) in [6.45, 7) is 15.3. The van der Waals surface area contributed by atoms with Gasteiger partial charge in [-0.25, -0.2) is 0 Å². The standard InChI is InChI=1S/C6H14O2.C5H12O2.C4H10O.C3H8O.10CH4/c1-4-8-5-6(2)7-3;1-3-7-5-4-6-2;1-3-4-5-2;1-3-4-2;;;;;;;;;;/h6H,4-5H2,1-3H3;3-5H2,1-2H3;3-4H2,1-2H3;3H2,1-2H3;10*1H4. The summed E-state index contributed by atoms with van der Waals surface area (Å²) >= 11 is 0. The van der Waals surface area contributed by atoms with Crippen LogP contribution in [0.15, 0.2) is 0 Å². The van der Waals surface area contributed by atoms with Crippen molar-refractivity contribution < 1.29 is 28.4 Å². The Morgan fingerprint density at radius 2 is 0.824 bits per heavy atom. The first-order valence-electron chi connectivity index (χ1n) is 8.70. The van der Waals surface area contributed by atoms with Crippen LogP contribution in [0.3, 0.4) is 0 Å². The maximum absolute atomic E-state index is 5.06. The molecule has 0 amide bonds. The zero-order valence-electron chi connectivity index (χ0n) is 17.7. The molecule has 0 aromatic rings. The molecule has 0 heterocycles. The van der Waals surface area contributed by atoms with E-state index in [0.717, 1.165) is 32.8 Å². The lowest BCUT2D eigenvalue weighted by Crippen LogP contribution is -2.13. The predicted octanol–water partition coefficient (Wildman–Crippen LogP) is 9.78. The van der Waals surface area contributed by atoms with Crippen molar-refractivity contribution in [2.75, 3.05) is 74.7 Å². The molecule has 0 fully saturated rings. The molecule has 0 bridgehead atoms. The summed E-state index contributed by atoms with van der Waals surface area (Å²) in [7, 11) is 6.74. The van der Waals surface area contributed by atoms with Crippen molar-refractivity contribution in [2.45, 2.75) is 121 Å². The smallest absolute Gasteiger partial charge is 0.0776 e. The zero-order chi connectivity index (χ0) is 19.5. The molecule has 0 aromatic carbocycles. The molecule has 0 aliphatic heterocycles. The highest BCUT2D eigenvalue weighted by atomic mass is 16.5. The van der Waals surface area contributed by atoms with Crippen LogP contribution >= 0.6 is 0 Å². The van der Waals surface area contributed by atoms with E-state index in [4.69, 9.17) is 23.7 Å². The monoisotopic (exact) mass is 517 g/mol. The van der Waals surface area contributed by atoms with Crippen molar-refractivity contribution in [1.82, 2.24) is 0 Å². The maximum atomic E-state index is 5.06. The van der Waals surface area contributed by atoms with E-state index in [-0.39, 0.29) is 80.4 Å². The van der Waals surface area contributed by atoms with Crippen molar-refractivity contribution in [1.29, 1.82) is 0 Å². The quantitative estimate of drug-likeness (QED) is 0.255. The third-order valence-corrected chi connectivity index (χ3v) is 2.29. The molecule has 0 spiro atoms. The average molecular weight is 517 g/mol. The van der Waals surface area contributed by atoms with E-state index < -0.39 is 0 Å². The fraction of sp³-hybridized carbons (Fsp3) is 1.00. The predicted molar refractivity (Wildman–Crippen MR) is 168 cm³/mol. The van der Waals surface area contributed by atoms with Crippen molar-refractivity contribution in [3.63, 3.8) is 0 Å². The zero-order valence-corrected chi connectivity index (χ0v) is 17.7. The molecule has 0 aromatic heterocycles.